The molecule has 0 atom stereocenters. The highest BCUT2D eigenvalue weighted by Crippen LogP contribution is 2.21. The van der Waals surface area contributed by atoms with Crippen LogP contribution in [0.25, 0.3) is 0 Å². The molecule has 0 saturated heterocycles. The summed E-state index contributed by atoms with van der Waals surface area (Å²) >= 11 is 9.26. The van der Waals surface area contributed by atoms with E-state index in [1.165, 1.54) is 5.56 Å². The molecule has 2 rings (SSSR count). The number of hydrogen-bond donors (Lipinski definition) is 2. The summed E-state index contributed by atoms with van der Waals surface area (Å²) in [6.07, 6.45) is 0.903. The first kappa shape index (κ1) is 15.9. The predicted octanol–water partition coefficient (Wildman–Crippen LogP) is 4.72. The zero-order valence-electron chi connectivity index (χ0n) is 11.6. The van der Waals surface area contributed by atoms with E-state index in [-0.39, 0.29) is 12.5 Å². The van der Waals surface area contributed by atoms with Crippen LogP contribution < -0.4 is 10.6 Å². The van der Waals surface area contributed by atoms with Crippen molar-refractivity contribution in [3.63, 3.8) is 0 Å². The topological polar surface area (TPSA) is 41.1 Å². The Kier molecular flexibility index (Phi) is 5.65. The fraction of sp³-hybridized carbons (Fsp3) is 0.188. The van der Waals surface area contributed by atoms with Gasteiger partial charge in [-0.15, -0.1) is 0 Å². The Morgan fingerprint density at radius 1 is 1.19 bits per heavy atom. The lowest BCUT2D eigenvalue weighted by Gasteiger charge is -2.11. The highest BCUT2D eigenvalue weighted by atomic mass is 79.9. The molecule has 0 radical (unpaired) electrons. The molecule has 0 aromatic heterocycles. The fourth-order valence-electron chi connectivity index (χ4n) is 1.94. The molecule has 0 aliphatic rings. The third kappa shape index (κ3) is 4.76. The Morgan fingerprint density at radius 3 is 2.57 bits per heavy atom. The van der Waals surface area contributed by atoms with Crippen LogP contribution in [0.4, 0.5) is 11.4 Å². The Hall–Kier alpha value is -1.52. The summed E-state index contributed by atoms with van der Waals surface area (Å²) in [5, 5.41) is 6.63. The standard InChI is InChI=1S/C16H16BrClN2O/c1-2-11-9-12(17)3-8-15(11)19-10-16(21)20-14-6-4-13(18)5-7-14/h3-9,19H,2,10H2,1H3,(H,20,21). The minimum Gasteiger partial charge on any atom is -0.376 e. The number of rotatable bonds is 5. The van der Waals surface area contributed by atoms with Gasteiger partial charge in [-0.3, -0.25) is 4.79 Å². The molecule has 0 aliphatic heterocycles. The van der Waals surface area contributed by atoms with Crippen molar-refractivity contribution in [3.8, 4) is 0 Å². The van der Waals surface area contributed by atoms with E-state index >= 15 is 0 Å². The third-order valence-corrected chi connectivity index (χ3v) is 3.76. The van der Waals surface area contributed by atoms with Crippen LogP contribution in [0, 0.1) is 0 Å². The molecule has 1 amide bonds. The summed E-state index contributed by atoms with van der Waals surface area (Å²) in [4.78, 5) is 11.9. The average Bonchev–Trinajstić information content (AvgIpc) is 2.48. The van der Waals surface area contributed by atoms with Crippen LogP contribution >= 0.6 is 27.5 Å². The van der Waals surface area contributed by atoms with E-state index in [0.717, 1.165) is 22.3 Å². The summed E-state index contributed by atoms with van der Waals surface area (Å²) < 4.78 is 1.04. The molecule has 0 aliphatic carbocycles. The van der Waals surface area contributed by atoms with Crippen LogP contribution in [0.2, 0.25) is 5.02 Å². The zero-order chi connectivity index (χ0) is 15.2. The smallest absolute Gasteiger partial charge is 0.243 e. The Morgan fingerprint density at radius 2 is 1.90 bits per heavy atom. The van der Waals surface area contributed by atoms with Crippen molar-refractivity contribution >= 4 is 44.8 Å². The van der Waals surface area contributed by atoms with Crippen molar-refractivity contribution in [2.24, 2.45) is 0 Å². The lowest BCUT2D eigenvalue weighted by molar-refractivity contribution is -0.114. The van der Waals surface area contributed by atoms with Crippen molar-refractivity contribution in [3.05, 3.63) is 57.5 Å². The van der Waals surface area contributed by atoms with Crippen molar-refractivity contribution < 1.29 is 4.79 Å². The minimum absolute atomic E-state index is 0.0951. The quantitative estimate of drug-likeness (QED) is 0.803. The van der Waals surface area contributed by atoms with Crippen LogP contribution in [0.5, 0.6) is 0 Å². The molecule has 110 valence electrons. The largest absolute Gasteiger partial charge is 0.376 e. The predicted molar refractivity (Wildman–Crippen MR) is 92.1 cm³/mol. The number of nitrogens with one attached hydrogen (secondary N) is 2. The van der Waals surface area contributed by atoms with Gasteiger partial charge in [0, 0.05) is 20.9 Å². The van der Waals surface area contributed by atoms with E-state index in [1.807, 2.05) is 12.1 Å². The van der Waals surface area contributed by atoms with Crippen LogP contribution in [0.15, 0.2) is 46.9 Å². The summed E-state index contributed by atoms with van der Waals surface area (Å²) in [6.45, 7) is 2.30. The van der Waals surface area contributed by atoms with Gasteiger partial charge < -0.3 is 10.6 Å². The minimum atomic E-state index is -0.0951. The van der Waals surface area contributed by atoms with Gasteiger partial charge in [0.15, 0.2) is 0 Å². The Balaban J connectivity index is 1.93. The second-order valence-electron chi connectivity index (χ2n) is 4.56. The van der Waals surface area contributed by atoms with E-state index in [9.17, 15) is 4.79 Å². The second kappa shape index (κ2) is 7.48. The molecule has 3 nitrogen and oxygen atoms in total. The van der Waals surface area contributed by atoms with Gasteiger partial charge in [0.2, 0.25) is 5.91 Å². The molecule has 2 aromatic rings. The van der Waals surface area contributed by atoms with Gasteiger partial charge in [-0.1, -0.05) is 34.5 Å². The van der Waals surface area contributed by atoms with Crippen molar-refractivity contribution in [2.75, 3.05) is 17.2 Å². The van der Waals surface area contributed by atoms with Crippen LogP contribution in [-0.2, 0) is 11.2 Å². The van der Waals surface area contributed by atoms with Gasteiger partial charge in [-0.25, -0.2) is 0 Å². The number of benzene rings is 2. The number of halogens is 2. The summed E-state index contributed by atoms with van der Waals surface area (Å²) in [6, 6.07) is 13.0. The molecule has 0 heterocycles. The van der Waals surface area contributed by atoms with E-state index in [4.69, 9.17) is 11.6 Å². The number of carbonyl (C=O) groups is 1. The molecule has 0 bridgehead atoms. The normalized spacial score (nSPS) is 10.2. The zero-order valence-corrected chi connectivity index (χ0v) is 14.0. The lowest BCUT2D eigenvalue weighted by atomic mass is 10.1. The maximum absolute atomic E-state index is 11.9. The van der Waals surface area contributed by atoms with E-state index in [1.54, 1.807) is 24.3 Å². The molecule has 0 fully saturated rings. The van der Waals surface area contributed by atoms with Gasteiger partial charge in [0.1, 0.15) is 0 Å². The van der Waals surface area contributed by atoms with Crippen molar-refractivity contribution in [2.45, 2.75) is 13.3 Å². The summed E-state index contributed by atoms with van der Waals surface area (Å²) in [7, 11) is 0. The Bertz CT molecular complexity index is 629. The first-order valence-corrected chi connectivity index (χ1v) is 7.83. The van der Waals surface area contributed by atoms with Gasteiger partial charge in [0.25, 0.3) is 0 Å². The molecule has 5 heteroatoms. The summed E-state index contributed by atoms with van der Waals surface area (Å²) in [5.74, 6) is -0.0951. The van der Waals surface area contributed by atoms with Crippen LogP contribution in [-0.4, -0.2) is 12.5 Å². The van der Waals surface area contributed by atoms with Crippen LogP contribution in [0.3, 0.4) is 0 Å². The van der Waals surface area contributed by atoms with Crippen molar-refractivity contribution in [1.82, 2.24) is 0 Å². The molecule has 0 saturated carbocycles. The van der Waals surface area contributed by atoms with Gasteiger partial charge in [0.05, 0.1) is 6.54 Å². The number of anilines is 2. The number of hydrogen-bond acceptors (Lipinski definition) is 2. The molecule has 2 N–H and O–H groups in total. The molecule has 21 heavy (non-hydrogen) atoms. The molecular weight excluding hydrogens is 352 g/mol. The molecular formula is C16H16BrClN2O. The maximum atomic E-state index is 11.9. The monoisotopic (exact) mass is 366 g/mol. The molecule has 2 aromatic carbocycles. The third-order valence-electron chi connectivity index (χ3n) is 3.02. The average molecular weight is 368 g/mol. The lowest BCUT2D eigenvalue weighted by Crippen LogP contribution is -2.22. The van der Waals surface area contributed by atoms with E-state index in [0.29, 0.717) is 5.02 Å². The first-order chi connectivity index (χ1) is 10.1. The number of carbonyl (C=O) groups excluding carboxylic acids is 1. The van der Waals surface area contributed by atoms with Gasteiger partial charge >= 0.3 is 0 Å². The van der Waals surface area contributed by atoms with E-state index in [2.05, 4.69) is 39.6 Å². The second-order valence-corrected chi connectivity index (χ2v) is 5.92. The molecule has 0 spiro atoms. The Labute approximate surface area is 137 Å². The number of aryl methyl sites for hydroxylation is 1. The van der Waals surface area contributed by atoms with Gasteiger partial charge in [-0.05, 0) is 54.4 Å². The van der Waals surface area contributed by atoms with Crippen molar-refractivity contribution in [1.29, 1.82) is 0 Å². The highest BCUT2D eigenvalue weighted by Gasteiger charge is 2.05. The fourth-order valence-corrected chi connectivity index (χ4v) is 2.48. The highest BCUT2D eigenvalue weighted by molar-refractivity contribution is 9.10. The van der Waals surface area contributed by atoms with E-state index < -0.39 is 0 Å². The first-order valence-electron chi connectivity index (χ1n) is 6.66. The maximum Gasteiger partial charge on any atom is 0.243 e. The molecule has 0 unspecified atom stereocenters. The SMILES string of the molecule is CCc1cc(Br)ccc1NCC(=O)Nc1ccc(Cl)cc1. The summed E-state index contributed by atoms with van der Waals surface area (Å²) in [5.41, 5.74) is 2.88. The van der Waals surface area contributed by atoms with Gasteiger partial charge in [-0.2, -0.15) is 0 Å². The number of amides is 1. The van der Waals surface area contributed by atoms with Crippen LogP contribution in [0.1, 0.15) is 12.5 Å².